The summed E-state index contributed by atoms with van der Waals surface area (Å²) < 4.78 is 35.8. The Bertz CT molecular complexity index is 5570. The first kappa shape index (κ1) is 58.3. The van der Waals surface area contributed by atoms with E-state index in [4.69, 9.17) is 0 Å². The molecule has 0 atom stereocenters. The van der Waals surface area contributed by atoms with Gasteiger partial charge in [0.25, 0.3) is 0 Å². The Morgan fingerprint density at radius 2 is 0.814 bits per heavy atom. The predicted octanol–water partition coefficient (Wildman–Crippen LogP) is 24.9. The van der Waals surface area contributed by atoms with E-state index in [2.05, 4.69) is 268 Å². The Hall–Kier alpha value is -10.0. The smallest absolute Gasteiger partial charge is 0.123 e. The van der Waals surface area contributed by atoms with Crippen molar-refractivity contribution in [2.24, 2.45) is 23.7 Å². The summed E-state index contributed by atoms with van der Waals surface area (Å²) in [6.45, 7) is 18.5. The fourth-order valence-corrected chi connectivity index (χ4v) is 19.8. The zero-order valence-electron chi connectivity index (χ0n) is 56.5. The lowest BCUT2D eigenvalue weighted by atomic mass is 9.43. The molecule has 4 saturated carbocycles. The fourth-order valence-electron chi connectivity index (χ4n) is 19.8. The van der Waals surface area contributed by atoms with E-state index in [1.807, 2.05) is 24.3 Å². The van der Waals surface area contributed by atoms with Gasteiger partial charge in [0.05, 0.1) is 27.8 Å². The van der Waals surface area contributed by atoms with Gasteiger partial charge >= 0.3 is 0 Å². The number of halogens is 2. The third kappa shape index (κ3) is 8.50. The van der Waals surface area contributed by atoms with Gasteiger partial charge in [0.1, 0.15) is 11.6 Å². The first-order chi connectivity index (χ1) is 46.9. The van der Waals surface area contributed by atoms with Crippen molar-refractivity contribution in [3.63, 3.8) is 0 Å². The Labute approximate surface area is 567 Å². The van der Waals surface area contributed by atoms with Crippen molar-refractivity contribution in [1.82, 2.24) is 9.13 Å². The number of benzene rings is 12. The van der Waals surface area contributed by atoms with Crippen molar-refractivity contribution in [3.8, 4) is 33.6 Å². The highest BCUT2D eigenvalue weighted by Gasteiger charge is 2.63. The van der Waals surface area contributed by atoms with Crippen LogP contribution in [0, 0.1) is 35.3 Å². The van der Waals surface area contributed by atoms with Crippen LogP contribution in [0.3, 0.4) is 0 Å². The van der Waals surface area contributed by atoms with Crippen LogP contribution < -0.4 is 9.80 Å². The third-order valence-corrected chi connectivity index (χ3v) is 23.8. The van der Waals surface area contributed by atoms with E-state index in [9.17, 15) is 0 Å². The van der Waals surface area contributed by atoms with Gasteiger partial charge in [-0.3, -0.25) is 0 Å². The van der Waals surface area contributed by atoms with E-state index in [-0.39, 0.29) is 27.9 Å². The molecule has 4 fully saturated rings. The van der Waals surface area contributed by atoms with Crippen LogP contribution in [0.1, 0.15) is 121 Å². The van der Waals surface area contributed by atoms with Crippen LogP contribution in [0.25, 0.3) is 88.0 Å². The summed E-state index contributed by atoms with van der Waals surface area (Å²) >= 11 is 0. The normalized spacial score (nSPS) is 19.6. The molecule has 2 heterocycles. The summed E-state index contributed by atoms with van der Waals surface area (Å²) in [4.78, 5) is 4.86. The van der Waals surface area contributed by atoms with Gasteiger partial charge in [-0.25, -0.2) is 8.78 Å². The minimum absolute atomic E-state index is 0.0267. The molecule has 6 heteroatoms. The van der Waals surface area contributed by atoms with Crippen LogP contribution in [-0.2, 0) is 21.7 Å². The van der Waals surface area contributed by atoms with Gasteiger partial charge < -0.3 is 18.9 Å². The maximum atomic E-state index is 15.6. The Morgan fingerprint density at radius 1 is 0.371 bits per heavy atom. The number of nitrogens with zero attached hydrogens (tertiary/aromatic N) is 4. The summed E-state index contributed by atoms with van der Waals surface area (Å²) in [6.07, 6.45) is 6.14. The molecule has 20 rings (SSSR count). The molecule has 0 aliphatic heterocycles. The van der Waals surface area contributed by atoms with Crippen LogP contribution in [0.5, 0.6) is 0 Å². The van der Waals surface area contributed by atoms with E-state index < -0.39 is 5.41 Å². The van der Waals surface area contributed by atoms with Crippen molar-refractivity contribution < 1.29 is 8.78 Å². The van der Waals surface area contributed by atoms with Gasteiger partial charge in [-0.2, -0.15) is 0 Å². The monoisotopic (exact) mass is 1260 g/mol. The van der Waals surface area contributed by atoms with Crippen molar-refractivity contribution in [1.29, 1.82) is 0 Å². The molecule has 6 aliphatic carbocycles. The number of hydrogen-bond donors (Lipinski definition) is 0. The SMILES string of the molecule is CC(C)(C)c1ccc(-n2c3ccccc3c3cc(N(c4ccc(F)cc4)c4ccc5ccc6c(c5c4)C4(c5cc(N(c7ccc(F)cc7)c7ccc8c(c7)c7ccccc7n8-c7ccc(C(C)(C)C)cc7)c7c(c5-6)-c5ccccc5C7(C)C)C5CC6CC(C5)CC4C6)ccc32)cc1. The Balaban J connectivity index is 0.850. The number of anilines is 6. The van der Waals surface area contributed by atoms with Crippen LogP contribution in [0.4, 0.5) is 42.9 Å². The standard InChI is InChI=1S/C91H78F2N4/c1-88(2,3)57-23-32-65(33-24-57)96-79-19-13-10-15-70(79)75-51-68(40-43-81(75)96)94(63-36-27-61(92)28-37-63)67-31-21-56-22-42-73-84-78(91(86(73)74(56)50-67)59-46-54-45-55(48-59)49-60(91)47-54)53-83(87-85(84)72-17-9-12-18-77(72)90(87,7)8)95(64-38-29-62(93)30-39-64)69-41-44-82-76(52-69)71-16-11-14-20-80(71)97(82)66-34-25-58(26-35-66)89(4,5)6/h9-44,50-55,59-60H,45-49H2,1-8H3. The summed E-state index contributed by atoms with van der Waals surface area (Å²) in [7, 11) is 0. The minimum atomic E-state index is -0.433. The van der Waals surface area contributed by atoms with Crippen molar-refractivity contribution >= 4 is 88.5 Å². The molecule has 0 unspecified atom stereocenters. The highest BCUT2D eigenvalue weighted by Crippen LogP contribution is 2.73. The van der Waals surface area contributed by atoms with Gasteiger partial charge in [-0.1, -0.05) is 159 Å². The van der Waals surface area contributed by atoms with Gasteiger partial charge in [0.15, 0.2) is 0 Å². The van der Waals surface area contributed by atoms with Crippen LogP contribution in [0.2, 0.25) is 0 Å². The quantitative estimate of drug-likeness (QED) is 0.151. The summed E-state index contributed by atoms with van der Waals surface area (Å²) in [6, 6.07) is 88.0. The zero-order chi connectivity index (χ0) is 65.8. The van der Waals surface area contributed by atoms with Gasteiger partial charge in [-0.05, 0) is 273 Å². The highest BCUT2D eigenvalue weighted by atomic mass is 19.1. The number of para-hydroxylation sites is 2. The predicted molar refractivity (Wildman–Crippen MR) is 400 cm³/mol. The van der Waals surface area contributed by atoms with Crippen molar-refractivity contribution in [3.05, 3.63) is 288 Å². The molecule has 14 aromatic rings. The second kappa shape index (κ2) is 20.7. The summed E-state index contributed by atoms with van der Waals surface area (Å²) in [5.74, 6) is 1.73. The molecular formula is C91H78F2N4. The average Bonchev–Trinajstić information content (AvgIpc) is 1.50. The van der Waals surface area contributed by atoms with Gasteiger partial charge in [0.2, 0.25) is 0 Å². The largest absolute Gasteiger partial charge is 0.310 e. The topological polar surface area (TPSA) is 16.3 Å². The fraction of sp³-hybridized carbons (Fsp3) is 0.231. The molecule has 4 nitrogen and oxygen atoms in total. The van der Waals surface area contributed by atoms with E-state index in [1.54, 1.807) is 24.3 Å². The number of fused-ring (bicyclic) bond motifs is 15. The van der Waals surface area contributed by atoms with E-state index >= 15 is 8.78 Å². The molecule has 476 valence electrons. The molecule has 6 aliphatic rings. The van der Waals surface area contributed by atoms with Gasteiger partial charge in [0, 0.05) is 72.2 Å². The van der Waals surface area contributed by atoms with Crippen LogP contribution in [-0.4, -0.2) is 9.13 Å². The second-order valence-electron chi connectivity index (χ2n) is 31.6. The molecule has 1 spiro atoms. The first-order valence-electron chi connectivity index (χ1n) is 35.2. The van der Waals surface area contributed by atoms with Gasteiger partial charge in [-0.15, -0.1) is 0 Å². The zero-order valence-corrected chi connectivity index (χ0v) is 56.5. The summed E-state index contributed by atoms with van der Waals surface area (Å²) in [5, 5.41) is 7.19. The van der Waals surface area contributed by atoms with Crippen molar-refractivity contribution in [2.75, 3.05) is 9.80 Å². The number of rotatable bonds is 8. The van der Waals surface area contributed by atoms with Crippen molar-refractivity contribution in [2.45, 2.75) is 109 Å². The van der Waals surface area contributed by atoms with E-state index in [0.29, 0.717) is 23.7 Å². The summed E-state index contributed by atoms with van der Waals surface area (Å²) in [5.41, 5.74) is 25.6. The Morgan fingerprint density at radius 3 is 1.35 bits per heavy atom. The minimum Gasteiger partial charge on any atom is -0.310 e. The molecule has 2 aromatic heterocycles. The first-order valence-corrected chi connectivity index (χ1v) is 35.2. The lowest BCUT2D eigenvalue weighted by molar-refractivity contribution is -0.0393. The molecule has 0 N–H and O–H groups in total. The number of aromatic nitrogens is 2. The molecule has 12 aromatic carbocycles. The molecule has 4 bridgehead atoms. The molecule has 0 saturated heterocycles. The molecule has 0 radical (unpaired) electrons. The lowest BCUT2D eigenvalue weighted by Crippen LogP contribution is -2.55. The lowest BCUT2D eigenvalue weighted by Gasteiger charge is -2.61. The van der Waals surface area contributed by atoms with Crippen LogP contribution >= 0.6 is 0 Å². The van der Waals surface area contributed by atoms with E-state index in [1.165, 1.54) is 109 Å². The Kier molecular flexibility index (Phi) is 12.5. The number of hydrogen-bond acceptors (Lipinski definition) is 2. The highest BCUT2D eigenvalue weighted by molar-refractivity contribution is 6.13. The maximum Gasteiger partial charge on any atom is 0.123 e. The molecule has 0 amide bonds. The second-order valence-corrected chi connectivity index (χ2v) is 31.6. The average molecular weight is 1270 g/mol. The van der Waals surface area contributed by atoms with Crippen LogP contribution in [0.15, 0.2) is 243 Å². The molecular weight excluding hydrogens is 1190 g/mol. The maximum absolute atomic E-state index is 15.6. The molecule has 97 heavy (non-hydrogen) atoms. The van der Waals surface area contributed by atoms with E-state index in [0.717, 1.165) is 78.3 Å². The third-order valence-electron chi connectivity index (χ3n) is 23.8.